The summed E-state index contributed by atoms with van der Waals surface area (Å²) in [6, 6.07) is 10.5. The van der Waals surface area contributed by atoms with Crippen molar-refractivity contribution >= 4 is 17.0 Å². The summed E-state index contributed by atoms with van der Waals surface area (Å²) in [5.74, 6) is 0. The third-order valence-electron chi connectivity index (χ3n) is 4.55. The highest BCUT2D eigenvalue weighted by molar-refractivity contribution is 5.76. The van der Waals surface area contributed by atoms with E-state index in [1.807, 2.05) is 20.3 Å². The largest absolute Gasteiger partial charge is 0.388 e. The smallest absolute Gasteiger partial charge is 0.0734 e. The van der Waals surface area contributed by atoms with Gasteiger partial charge in [-0.1, -0.05) is 56.8 Å². The minimum atomic E-state index is -0.299. The number of rotatable bonds is 6. The third kappa shape index (κ3) is 3.35. The van der Waals surface area contributed by atoms with Crippen molar-refractivity contribution < 1.29 is 0 Å². The molecule has 0 radical (unpaired) electrons. The quantitative estimate of drug-likeness (QED) is 0.815. The number of allylic oxidation sites excluding steroid dienone is 1. The van der Waals surface area contributed by atoms with E-state index in [2.05, 4.69) is 74.9 Å². The van der Waals surface area contributed by atoms with Crippen LogP contribution < -0.4 is 10.6 Å². The fourth-order valence-corrected chi connectivity index (χ4v) is 2.72. The molecule has 0 unspecified atom stereocenters. The average Bonchev–Trinajstić information content (AvgIpc) is 2.60. The first kappa shape index (κ1) is 17.8. The third-order valence-corrected chi connectivity index (χ3v) is 4.55. The summed E-state index contributed by atoms with van der Waals surface area (Å²) in [4.78, 5) is 4.73. The molecule has 1 aromatic heterocycles. The molecule has 0 fully saturated rings. The Morgan fingerprint density at radius 2 is 1.67 bits per heavy atom. The van der Waals surface area contributed by atoms with Gasteiger partial charge in [0.2, 0.25) is 0 Å². The van der Waals surface area contributed by atoms with Gasteiger partial charge in [0, 0.05) is 37.0 Å². The van der Waals surface area contributed by atoms with Gasteiger partial charge in [0.05, 0.1) is 11.4 Å². The lowest BCUT2D eigenvalue weighted by Gasteiger charge is -2.29. The van der Waals surface area contributed by atoms with Crippen LogP contribution in [0.2, 0.25) is 0 Å². The molecule has 24 heavy (non-hydrogen) atoms. The SMILES string of the molecule is C=C(NC)c1cnc(C(C)(C)C(=C)c2ccc(C)cc2)c(NC)c1. The van der Waals surface area contributed by atoms with Gasteiger partial charge < -0.3 is 10.6 Å². The fourth-order valence-electron chi connectivity index (χ4n) is 2.72. The molecule has 126 valence electrons. The van der Waals surface area contributed by atoms with Crippen LogP contribution in [0.3, 0.4) is 0 Å². The van der Waals surface area contributed by atoms with E-state index in [-0.39, 0.29) is 5.41 Å². The van der Waals surface area contributed by atoms with Crippen molar-refractivity contribution in [3.8, 4) is 0 Å². The molecular weight excluding hydrogens is 294 g/mol. The highest BCUT2D eigenvalue weighted by Gasteiger charge is 2.29. The predicted molar refractivity (Wildman–Crippen MR) is 105 cm³/mol. The Balaban J connectivity index is 2.46. The molecule has 0 aliphatic rings. The molecule has 3 nitrogen and oxygen atoms in total. The molecule has 3 heteroatoms. The number of nitrogens with zero attached hydrogens (tertiary/aromatic N) is 1. The number of hydrogen-bond acceptors (Lipinski definition) is 3. The zero-order valence-corrected chi connectivity index (χ0v) is 15.3. The van der Waals surface area contributed by atoms with Gasteiger partial charge in [-0.3, -0.25) is 4.98 Å². The summed E-state index contributed by atoms with van der Waals surface area (Å²) < 4.78 is 0. The molecule has 0 saturated heterocycles. The van der Waals surface area contributed by atoms with Gasteiger partial charge in [-0.2, -0.15) is 0 Å². The topological polar surface area (TPSA) is 37.0 Å². The lowest BCUT2D eigenvalue weighted by Crippen LogP contribution is -2.22. The first-order valence-corrected chi connectivity index (χ1v) is 8.13. The summed E-state index contributed by atoms with van der Waals surface area (Å²) in [5.41, 5.74) is 6.92. The normalized spacial score (nSPS) is 11.0. The lowest BCUT2D eigenvalue weighted by atomic mass is 9.77. The minimum Gasteiger partial charge on any atom is -0.388 e. The molecule has 2 rings (SSSR count). The van der Waals surface area contributed by atoms with Gasteiger partial charge in [-0.25, -0.2) is 0 Å². The van der Waals surface area contributed by atoms with Gasteiger partial charge in [0.25, 0.3) is 0 Å². The van der Waals surface area contributed by atoms with Crippen molar-refractivity contribution in [2.24, 2.45) is 0 Å². The Labute approximate surface area is 145 Å². The number of benzene rings is 1. The fraction of sp³-hybridized carbons (Fsp3) is 0.286. The first-order chi connectivity index (χ1) is 11.3. The highest BCUT2D eigenvalue weighted by atomic mass is 14.9. The van der Waals surface area contributed by atoms with Crippen molar-refractivity contribution in [1.29, 1.82) is 0 Å². The first-order valence-electron chi connectivity index (χ1n) is 8.13. The second kappa shape index (κ2) is 6.91. The zero-order valence-electron chi connectivity index (χ0n) is 15.3. The Bertz CT molecular complexity index is 755. The van der Waals surface area contributed by atoms with Crippen molar-refractivity contribution in [3.63, 3.8) is 0 Å². The summed E-state index contributed by atoms with van der Waals surface area (Å²) in [7, 11) is 3.77. The Morgan fingerprint density at radius 1 is 1.04 bits per heavy atom. The molecule has 2 aromatic rings. The van der Waals surface area contributed by atoms with Crippen LogP contribution in [0.15, 0.2) is 49.7 Å². The molecule has 1 aromatic carbocycles. The van der Waals surface area contributed by atoms with Crippen LogP contribution >= 0.6 is 0 Å². The van der Waals surface area contributed by atoms with E-state index >= 15 is 0 Å². The van der Waals surface area contributed by atoms with Gasteiger partial charge in [0.1, 0.15) is 0 Å². The Morgan fingerprint density at radius 3 is 2.21 bits per heavy atom. The predicted octanol–water partition coefficient (Wildman–Crippen LogP) is 4.61. The van der Waals surface area contributed by atoms with E-state index in [4.69, 9.17) is 4.98 Å². The van der Waals surface area contributed by atoms with E-state index < -0.39 is 0 Å². The van der Waals surface area contributed by atoms with Crippen LogP contribution in [0.4, 0.5) is 5.69 Å². The van der Waals surface area contributed by atoms with Gasteiger partial charge >= 0.3 is 0 Å². The maximum Gasteiger partial charge on any atom is 0.0734 e. The number of nitrogens with one attached hydrogen (secondary N) is 2. The maximum atomic E-state index is 4.73. The number of anilines is 1. The van der Waals surface area contributed by atoms with Crippen molar-refractivity contribution in [1.82, 2.24) is 10.3 Å². The van der Waals surface area contributed by atoms with Crippen LogP contribution in [0.25, 0.3) is 11.3 Å². The summed E-state index contributed by atoms with van der Waals surface area (Å²) in [6.07, 6.45) is 1.86. The lowest BCUT2D eigenvalue weighted by molar-refractivity contribution is 0.668. The molecule has 0 atom stereocenters. The second-order valence-electron chi connectivity index (χ2n) is 6.57. The number of hydrogen-bond donors (Lipinski definition) is 2. The molecular formula is C21H27N3. The molecule has 0 amide bonds. The summed E-state index contributed by atoms with van der Waals surface area (Å²) in [6.45, 7) is 14.8. The van der Waals surface area contributed by atoms with Crippen LogP contribution in [0.1, 0.15) is 36.2 Å². The number of pyridine rings is 1. The van der Waals surface area contributed by atoms with Crippen LogP contribution in [-0.2, 0) is 5.41 Å². The van der Waals surface area contributed by atoms with E-state index in [1.54, 1.807) is 0 Å². The zero-order chi connectivity index (χ0) is 17.9. The van der Waals surface area contributed by atoms with E-state index in [1.165, 1.54) is 5.56 Å². The number of aryl methyl sites for hydroxylation is 1. The van der Waals surface area contributed by atoms with Crippen molar-refractivity contribution in [3.05, 3.63) is 72.1 Å². The molecule has 0 saturated carbocycles. The van der Waals surface area contributed by atoms with Crippen LogP contribution in [-0.4, -0.2) is 19.1 Å². The van der Waals surface area contributed by atoms with Crippen molar-refractivity contribution in [2.75, 3.05) is 19.4 Å². The summed E-state index contributed by atoms with van der Waals surface area (Å²) in [5, 5.41) is 6.33. The monoisotopic (exact) mass is 321 g/mol. The highest BCUT2D eigenvalue weighted by Crippen LogP contribution is 2.39. The summed E-state index contributed by atoms with van der Waals surface area (Å²) >= 11 is 0. The van der Waals surface area contributed by atoms with Gasteiger partial charge in [-0.05, 0) is 24.1 Å². The molecule has 1 heterocycles. The van der Waals surface area contributed by atoms with Gasteiger partial charge in [0.15, 0.2) is 0 Å². The van der Waals surface area contributed by atoms with Gasteiger partial charge in [-0.15, -0.1) is 0 Å². The molecule has 0 aliphatic heterocycles. The minimum absolute atomic E-state index is 0.299. The molecule has 0 spiro atoms. The van der Waals surface area contributed by atoms with Crippen molar-refractivity contribution in [2.45, 2.75) is 26.2 Å². The van der Waals surface area contributed by atoms with E-state index in [9.17, 15) is 0 Å². The second-order valence-corrected chi connectivity index (χ2v) is 6.57. The molecule has 0 aliphatic carbocycles. The molecule has 0 bridgehead atoms. The Hall–Kier alpha value is -2.55. The van der Waals surface area contributed by atoms with Crippen LogP contribution in [0, 0.1) is 6.92 Å². The maximum absolute atomic E-state index is 4.73. The van der Waals surface area contributed by atoms with Crippen LogP contribution in [0.5, 0.6) is 0 Å². The molecule has 2 N–H and O–H groups in total. The number of aromatic nitrogens is 1. The average molecular weight is 321 g/mol. The Kier molecular flexibility index (Phi) is 5.13. The van der Waals surface area contributed by atoms with E-state index in [0.29, 0.717) is 0 Å². The van der Waals surface area contributed by atoms with E-state index in [0.717, 1.165) is 33.8 Å². The standard InChI is InChI=1S/C21H27N3/c1-14-8-10-17(11-9-14)15(2)21(4,5)20-19(23-7)12-18(13-24-20)16(3)22-6/h8-13,22-23H,2-3H2,1,4-7H3.